The molecule has 1 aliphatic carbocycles. The van der Waals surface area contributed by atoms with E-state index in [1.807, 2.05) is 0 Å². The summed E-state index contributed by atoms with van der Waals surface area (Å²) in [5, 5.41) is 8.77. The first-order valence-electron chi connectivity index (χ1n) is 5.65. The summed E-state index contributed by atoms with van der Waals surface area (Å²) in [5.74, 6) is -0.166. The van der Waals surface area contributed by atoms with Gasteiger partial charge >= 0.3 is 0 Å². The third kappa shape index (κ3) is 2.44. The maximum atomic E-state index is 11.3. The third-order valence-corrected chi connectivity index (χ3v) is 3.00. The van der Waals surface area contributed by atoms with Crippen LogP contribution in [-0.4, -0.2) is 53.6 Å². The van der Waals surface area contributed by atoms with Gasteiger partial charge in [-0.05, 0) is 18.9 Å². The maximum absolute atomic E-state index is 11.3. The van der Waals surface area contributed by atoms with Crippen LogP contribution in [-0.2, 0) is 4.79 Å². The fraction of sp³-hybridized carbons (Fsp3) is 0.500. The molecule has 4 nitrogen and oxygen atoms in total. The van der Waals surface area contributed by atoms with Crippen molar-refractivity contribution in [1.82, 2.24) is 9.80 Å². The van der Waals surface area contributed by atoms with Crippen LogP contribution in [0.3, 0.4) is 0 Å². The molecule has 2 rings (SSSR count). The highest BCUT2D eigenvalue weighted by molar-refractivity contribution is 5.77. The average molecular weight is 221 g/mol. The van der Waals surface area contributed by atoms with E-state index in [9.17, 15) is 4.79 Å². The van der Waals surface area contributed by atoms with Crippen LogP contribution in [0.25, 0.3) is 0 Å². The number of rotatable bonds is 2. The second-order valence-electron chi connectivity index (χ2n) is 3.99. The quantitative estimate of drug-likeness (QED) is 0.723. The zero-order valence-corrected chi connectivity index (χ0v) is 9.30. The van der Waals surface area contributed by atoms with E-state index in [2.05, 4.69) is 29.5 Å². The van der Waals surface area contributed by atoms with Gasteiger partial charge in [-0.2, -0.15) is 0 Å². The number of hydrogen-bond acceptors (Lipinski definition) is 3. The van der Waals surface area contributed by atoms with Crippen LogP contribution in [0.5, 0.6) is 0 Å². The van der Waals surface area contributed by atoms with Gasteiger partial charge in [-0.15, -0.1) is 0 Å². The molecule has 1 aliphatic heterocycles. The van der Waals surface area contributed by atoms with Crippen molar-refractivity contribution in [2.45, 2.75) is 6.42 Å². The van der Waals surface area contributed by atoms with E-state index in [1.54, 1.807) is 4.90 Å². The Morgan fingerprint density at radius 2 is 2.06 bits per heavy atom. The first-order chi connectivity index (χ1) is 7.81. The van der Waals surface area contributed by atoms with E-state index in [0.29, 0.717) is 13.1 Å². The normalized spacial score (nSPS) is 20.9. The molecule has 1 N–H and O–H groups in total. The van der Waals surface area contributed by atoms with Gasteiger partial charge in [-0.25, -0.2) is 0 Å². The zero-order valence-electron chi connectivity index (χ0n) is 9.30. The summed E-state index contributed by atoms with van der Waals surface area (Å²) in [4.78, 5) is 15.3. The summed E-state index contributed by atoms with van der Waals surface area (Å²) in [6.45, 7) is 2.73. The predicted molar refractivity (Wildman–Crippen MR) is 61.4 cm³/mol. The number of carbonyl (C=O) groups is 1. The zero-order chi connectivity index (χ0) is 11.4. The molecular formula is C12H17N2O2. The molecular weight excluding hydrogens is 204 g/mol. The van der Waals surface area contributed by atoms with Crippen molar-refractivity contribution in [3.63, 3.8) is 0 Å². The molecule has 0 atom stereocenters. The van der Waals surface area contributed by atoms with Gasteiger partial charge in [-0.1, -0.05) is 12.2 Å². The summed E-state index contributed by atoms with van der Waals surface area (Å²) in [7, 11) is 0. The van der Waals surface area contributed by atoms with Crippen LogP contribution in [0.4, 0.5) is 0 Å². The van der Waals surface area contributed by atoms with Gasteiger partial charge in [0.15, 0.2) is 0 Å². The number of allylic oxidation sites excluding steroid dienone is 3. The maximum Gasteiger partial charge on any atom is 0.248 e. The van der Waals surface area contributed by atoms with Gasteiger partial charge in [0.1, 0.15) is 6.61 Å². The van der Waals surface area contributed by atoms with Crippen molar-refractivity contribution < 1.29 is 9.90 Å². The molecule has 0 aromatic rings. The molecule has 1 radical (unpaired) electrons. The lowest BCUT2D eigenvalue weighted by Crippen LogP contribution is -2.48. The molecule has 1 amide bonds. The van der Waals surface area contributed by atoms with Gasteiger partial charge in [0.2, 0.25) is 5.91 Å². The Hall–Kier alpha value is -1.29. The molecule has 1 heterocycles. The fourth-order valence-electron chi connectivity index (χ4n) is 2.05. The van der Waals surface area contributed by atoms with Crippen molar-refractivity contribution in [1.29, 1.82) is 0 Å². The van der Waals surface area contributed by atoms with Crippen molar-refractivity contribution in [2.75, 3.05) is 32.8 Å². The lowest BCUT2D eigenvalue weighted by Gasteiger charge is -2.36. The van der Waals surface area contributed by atoms with Crippen molar-refractivity contribution in [3.8, 4) is 0 Å². The molecule has 87 valence electrons. The summed E-state index contributed by atoms with van der Waals surface area (Å²) in [6.07, 6.45) is 9.48. The minimum Gasteiger partial charge on any atom is -0.387 e. The van der Waals surface area contributed by atoms with Crippen molar-refractivity contribution in [2.24, 2.45) is 0 Å². The van der Waals surface area contributed by atoms with E-state index in [0.717, 1.165) is 19.5 Å². The van der Waals surface area contributed by atoms with E-state index in [4.69, 9.17) is 5.11 Å². The van der Waals surface area contributed by atoms with Crippen LogP contribution < -0.4 is 0 Å². The van der Waals surface area contributed by atoms with E-state index in [1.165, 1.54) is 5.70 Å². The molecule has 0 spiro atoms. The van der Waals surface area contributed by atoms with Gasteiger partial charge in [0.25, 0.3) is 0 Å². The van der Waals surface area contributed by atoms with Crippen LogP contribution in [0.1, 0.15) is 6.42 Å². The smallest absolute Gasteiger partial charge is 0.248 e. The molecule has 1 fully saturated rings. The predicted octanol–water partition coefficient (Wildman–Crippen LogP) is 0.171. The highest BCUT2D eigenvalue weighted by atomic mass is 16.3. The second kappa shape index (κ2) is 5.16. The number of aliphatic hydroxyl groups excluding tert-OH is 1. The highest BCUT2D eigenvalue weighted by Crippen LogP contribution is 2.15. The monoisotopic (exact) mass is 221 g/mol. The standard InChI is InChI=1S/C12H17N2O2/c15-10-12(16)14-8-6-13(7-9-14)11-4-2-1-3-5-11/h1-2,4-5,15H,3,6-10H2. The average Bonchev–Trinajstić information content (AvgIpc) is 2.39. The highest BCUT2D eigenvalue weighted by Gasteiger charge is 2.21. The van der Waals surface area contributed by atoms with E-state index < -0.39 is 0 Å². The summed E-state index contributed by atoms with van der Waals surface area (Å²) >= 11 is 0. The Bertz CT molecular complexity index is 315. The van der Waals surface area contributed by atoms with Gasteiger partial charge in [0.05, 0.1) is 0 Å². The Morgan fingerprint density at radius 3 is 2.62 bits per heavy atom. The SMILES string of the molecule is O=C(CO)N1CCN(C2=CC[CH]C=C2)CC1. The molecule has 0 unspecified atom stereocenters. The first kappa shape index (κ1) is 11.2. The van der Waals surface area contributed by atoms with Crippen LogP contribution in [0.2, 0.25) is 0 Å². The molecule has 4 heteroatoms. The molecule has 0 saturated carbocycles. The first-order valence-corrected chi connectivity index (χ1v) is 5.65. The summed E-state index contributed by atoms with van der Waals surface area (Å²) in [6, 6.07) is 0. The van der Waals surface area contributed by atoms with Crippen molar-refractivity contribution >= 4 is 5.91 Å². The molecule has 1 saturated heterocycles. The molecule has 0 aromatic carbocycles. The Labute approximate surface area is 95.8 Å². The van der Waals surface area contributed by atoms with E-state index in [-0.39, 0.29) is 12.5 Å². The third-order valence-electron chi connectivity index (χ3n) is 3.00. The van der Waals surface area contributed by atoms with Crippen LogP contribution >= 0.6 is 0 Å². The van der Waals surface area contributed by atoms with E-state index >= 15 is 0 Å². The molecule has 0 aromatic heterocycles. The summed E-state index contributed by atoms with van der Waals surface area (Å²) < 4.78 is 0. The summed E-state index contributed by atoms with van der Waals surface area (Å²) in [5.41, 5.74) is 1.25. The van der Waals surface area contributed by atoms with Crippen LogP contribution in [0.15, 0.2) is 23.9 Å². The van der Waals surface area contributed by atoms with Gasteiger partial charge in [-0.3, -0.25) is 4.79 Å². The number of aliphatic hydroxyl groups is 1. The molecule has 2 aliphatic rings. The Morgan fingerprint density at radius 1 is 1.31 bits per heavy atom. The minimum absolute atomic E-state index is 0.166. The molecule has 16 heavy (non-hydrogen) atoms. The fourth-order valence-corrected chi connectivity index (χ4v) is 2.05. The van der Waals surface area contributed by atoms with Gasteiger partial charge < -0.3 is 14.9 Å². The minimum atomic E-state index is -0.377. The lowest BCUT2D eigenvalue weighted by molar-refractivity contribution is -0.135. The Kier molecular flexibility index (Phi) is 3.62. The van der Waals surface area contributed by atoms with Crippen molar-refractivity contribution in [3.05, 3.63) is 30.3 Å². The number of carbonyl (C=O) groups excluding carboxylic acids is 1. The van der Waals surface area contributed by atoms with Gasteiger partial charge in [0, 0.05) is 31.9 Å². The second-order valence-corrected chi connectivity index (χ2v) is 3.99. The van der Waals surface area contributed by atoms with Crippen LogP contribution in [0, 0.1) is 6.42 Å². The topological polar surface area (TPSA) is 43.8 Å². The number of nitrogens with zero attached hydrogens (tertiary/aromatic N) is 2. The number of hydrogen-bond donors (Lipinski definition) is 1. The lowest BCUT2D eigenvalue weighted by atomic mass is 10.1. The molecule has 0 bridgehead atoms. The Balaban J connectivity index is 1.87. The number of piperazine rings is 1. The number of amides is 1. The largest absolute Gasteiger partial charge is 0.387 e.